The molecule has 0 saturated carbocycles. The van der Waals surface area contributed by atoms with Crippen LogP contribution in [-0.2, 0) is 0 Å². The van der Waals surface area contributed by atoms with Gasteiger partial charge in [-0.3, -0.25) is 0 Å². The molecule has 1 nitrogen and oxygen atoms in total. The molecule has 0 aromatic rings. The third kappa shape index (κ3) is 9.49. The lowest BCUT2D eigenvalue weighted by atomic mass is 9.70. The summed E-state index contributed by atoms with van der Waals surface area (Å²) in [7, 11) is 2.25. The van der Waals surface area contributed by atoms with Crippen LogP contribution in [0.15, 0.2) is 0 Å². The van der Waals surface area contributed by atoms with E-state index in [1.54, 1.807) is 0 Å². The van der Waals surface area contributed by atoms with Gasteiger partial charge in [-0.05, 0) is 50.7 Å². The van der Waals surface area contributed by atoms with Crippen LogP contribution in [0.4, 0.5) is 0 Å². The number of nitrogens with zero attached hydrogens (tertiary/aromatic N) is 1. The fourth-order valence-corrected chi connectivity index (χ4v) is 2.68. The second-order valence-electron chi connectivity index (χ2n) is 6.08. The molecule has 1 aliphatic rings. The summed E-state index contributed by atoms with van der Waals surface area (Å²) in [6.07, 6.45) is 8.27. The molecule has 0 aromatic heterocycles. The van der Waals surface area contributed by atoms with Crippen LogP contribution in [-0.4, -0.2) is 25.0 Å². The van der Waals surface area contributed by atoms with E-state index in [0.717, 1.165) is 5.92 Å². The highest BCUT2D eigenvalue weighted by atomic mass is 15.1. The van der Waals surface area contributed by atoms with Crippen molar-refractivity contribution in [2.75, 3.05) is 20.1 Å². The summed E-state index contributed by atoms with van der Waals surface area (Å²) >= 11 is 0. The van der Waals surface area contributed by atoms with Crippen molar-refractivity contribution < 1.29 is 0 Å². The molecule has 0 aliphatic carbocycles. The zero-order chi connectivity index (χ0) is 15.3. The molecule has 0 spiro atoms. The van der Waals surface area contributed by atoms with Crippen LogP contribution < -0.4 is 0 Å². The summed E-state index contributed by atoms with van der Waals surface area (Å²) in [5.74, 6) is 0.915. The third-order valence-corrected chi connectivity index (χ3v) is 4.28. The number of rotatable bonds is 4. The van der Waals surface area contributed by atoms with Crippen molar-refractivity contribution in [3.05, 3.63) is 0 Å². The van der Waals surface area contributed by atoms with Crippen molar-refractivity contribution in [2.24, 2.45) is 11.3 Å². The normalized spacial score (nSPS) is 19.6. The number of hydrogen-bond donors (Lipinski definition) is 0. The predicted molar refractivity (Wildman–Crippen MR) is 90.8 cm³/mol. The van der Waals surface area contributed by atoms with Crippen LogP contribution in [0.5, 0.6) is 0 Å². The Kier molecular flexibility index (Phi) is 14.5. The first-order valence-electron chi connectivity index (χ1n) is 8.72. The second kappa shape index (κ2) is 13.0. The Morgan fingerprint density at radius 3 is 1.74 bits per heavy atom. The van der Waals surface area contributed by atoms with E-state index in [-0.39, 0.29) is 0 Å². The zero-order valence-electron chi connectivity index (χ0n) is 15.2. The summed E-state index contributed by atoms with van der Waals surface area (Å²) in [6.45, 7) is 18.0. The molecule has 0 amide bonds. The van der Waals surface area contributed by atoms with E-state index >= 15 is 0 Å². The molecule has 0 aromatic carbocycles. The van der Waals surface area contributed by atoms with Gasteiger partial charge in [-0.25, -0.2) is 0 Å². The molecule has 0 N–H and O–H groups in total. The average molecular weight is 272 g/mol. The van der Waals surface area contributed by atoms with Crippen LogP contribution in [0, 0.1) is 11.3 Å². The summed E-state index contributed by atoms with van der Waals surface area (Å²) in [6, 6.07) is 0. The van der Waals surface area contributed by atoms with Crippen LogP contribution in [0.1, 0.15) is 87.0 Å². The van der Waals surface area contributed by atoms with Gasteiger partial charge in [-0.15, -0.1) is 0 Å². The van der Waals surface area contributed by atoms with E-state index in [0.29, 0.717) is 5.41 Å². The van der Waals surface area contributed by atoms with Gasteiger partial charge < -0.3 is 4.90 Å². The number of hydrogen-bond acceptors (Lipinski definition) is 1. The molecule has 1 rings (SSSR count). The quantitative estimate of drug-likeness (QED) is 0.607. The van der Waals surface area contributed by atoms with Crippen molar-refractivity contribution in [1.82, 2.24) is 4.90 Å². The minimum atomic E-state index is 0.682. The second-order valence-corrected chi connectivity index (χ2v) is 6.08. The van der Waals surface area contributed by atoms with Crippen molar-refractivity contribution in [3.63, 3.8) is 0 Å². The van der Waals surface area contributed by atoms with Crippen LogP contribution in [0.3, 0.4) is 0 Å². The molecule has 1 heteroatoms. The first kappa shape index (κ1) is 21.3. The molecule has 19 heavy (non-hydrogen) atoms. The Bertz CT molecular complexity index is 169. The Morgan fingerprint density at radius 1 is 1.00 bits per heavy atom. The molecular weight excluding hydrogens is 230 g/mol. The van der Waals surface area contributed by atoms with E-state index in [2.05, 4.69) is 46.6 Å². The maximum Gasteiger partial charge on any atom is -0.00165 e. The van der Waals surface area contributed by atoms with Gasteiger partial charge in [0.05, 0.1) is 0 Å². The van der Waals surface area contributed by atoms with E-state index in [4.69, 9.17) is 0 Å². The fraction of sp³-hybridized carbons (Fsp3) is 1.00. The zero-order valence-corrected chi connectivity index (χ0v) is 15.2. The Labute approximate surface area is 124 Å². The Hall–Kier alpha value is -0.0400. The van der Waals surface area contributed by atoms with Gasteiger partial charge in [-0.2, -0.15) is 0 Å². The monoisotopic (exact) mass is 271 g/mol. The lowest BCUT2D eigenvalue weighted by Gasteiger charge is -2.41. The van der Waals surface area contributed by atoms with Gasteiger partial charge >= 0.3 is 0 Å². The lowest BCUT2D eigenvalue weighted by Crippen LogP contribution is -2.38. The lowest BCUT2D eigenvalue weighted by molar-refractivity contribution is 0.0905. The Morgan fingerprint density at radius 2 is 1.42 bits per heavy atom. The molecule has 118 valence electrons. The average Bonchev–Trinajstić information content (AvgIpc) is 2.44. The number of likely N-dealkylation sites (tertiary alicyclic amines) is 1. The van der Waals surface area contributed by atoms with Crippen molar-refractivity contribution in [2.45, 2.75) is 87.0 Å². The first-order valence-corrected chi connectivity index (χ1v) is 8.72. The topological polar surface area (TPSA) is 3.24 Å². The molecule has 1 fully saturated rings. The van der Waals surface area contributed by atoms with Crippen LogP contribution in [0.25, 0.3) is 0 Å². The highest BCUT2D eigenvalue weighted by Crippen LogP contribution is 2.40. The molecule has 1 saturated heterocycles. The van der Waals surface area contributed by atoms with Gasteiger partial charge in [0.25, 0.3) is 0 Å². The van der Waals surface area contributed by atoms with E-state index in [1.165, 1.54) is 51.6 Å². The SMILES string of the molecule is CC.CCC.CCC(C)CC1(CC)CCN(C)CC1. The maximum atomic E-state index is 2.48. The van der Waals surface area contributed by atoms with Crippen molar-refractivity contribution in [3.8, 4) is 0 Å². The first-order chi connectivity index (χ1) is 9.03. The summed E-state index contributed by atoms with van der Waals surface area (Å²) in [5.41, 5.74) is 0.682. The van der Waals surface area contributed by atoms with E-state index in [9.17, 15) is 0 Å². The molecule has 1 heterocycles. The predicted octanol–water partition coefficient (Wildman–Crippen LogP) is 5.99. The minimum Gasteiger partial charge on any atom is -0.306 e. The fourth-order valence-electron chi connectivity index (χ4n) is 2.68. The van der Waals surface area contributed by atoms with Gasteiger partial charge in [-0.1, -0.05) is 67.7 Å². The van der Waals surface area contributed by atoms with Gasteiger partial charge in [0.1, 0.15) is 0 Å². The molecule has 0 radical (unpaired) electrons. The molecule has 1 aliphatic heterocycles. The van der Waals surface area contributed by atoms with Gasteiger partial charge in [0, 0.05) is 0 Å². The summed E-state index contributed by atoms with van der Waals surface area (Å²) in [5, 5.41) is 0. The molecule has 0 bridgehead atoms. The largest absolute Gasteiger partial charge is 0.306 e. The van der Waals surface area contributed by atoms with Crippen molar-refractivity contribution in [1.29, 1.82) is 0 Å². The molecule has 1 unspecified atom stereocenters. The van der Waals surface area contributed by atoms with Crippen LogP contribution >= 0.6 is 0 Å². The van der Waals surface area contributed by atoms with E-state index < -0.39 is 0 Å². The van der Waals surface area contributed by atoms with Crippen LogP contribution in [0.2, 0.25) is 0 Å². The summed E-state index contributed by atoms with van der Waals surface area (Å²) < 4.78 is 0. The van der Waals surface area contributed by atoms with E-state index in [1.807, 2.05) is 13.8 Å². The van der Waals surface area contributed by atoms with Gasteiger partial charge in [0.15, 0.2) is 0 Å². The highest BCUT2D eigenvalue weighted by molar-refractivity contribution is 4.85. The van der Waals surface area contributed by atoms with Gasteiger partial charge in [0.2, 0.25) is 0 Å². The number of piperidine rings is 1. The minimum absolute atomic E-state index is 0.682. The molecule has 1 atom stereocenters. The maximum absolute atomic E-state index is 2.48. The third-order valence-electron chi connectivity index (χ3n) is 4.28. The van der Waals surface area contributed by atoms with Crippen molar-refractivity contribution >= 4 is 0 Å². The standard InChI is InChI=1S/C13H27N.C3H8.C2H6/c1-5-12(3)11-13(6-2)7-9-14(4)10-8-13;1-3-2;1-2/h12H,5-11H2,1-4H3;3H2,1-2H3;1-2H3. The smallest absolute Gasteiger partial charge is 0.00165 e. The summed E-state index contributed by atoms with van der Waals surface area (Å²) in [4.78, 5) is 2.48. The highest BCUT2D eigenvalue weighted by Gasteiger charge is 2.32. The molecular formula is C18H41N. The Balaban J connectivity index is 0.